The van der Waals surface area contributed by atoms with Crippen LogP contribution in [0.4, 0.5) is 5.82 Å². The fraction of sp³-hybridized carbons (Fsp3) is 0.250. The number of nitrogens with one attached hydrogen (secondary N) is 1. The SMILES string of the molecule is CCNc1cncc(-c2ccc(OC)nc2)n1. The van der Waals surface area contributed by atoms with Crippen molar-refractivity contribution in [3.05, 3.63) is 30.7 Å². The molecule has 0 fully saturated rings. The van der Waals surface area contributed by atoms with Gasteiger partial charge in [0, 0.05) is 24.4 Å². The summed E-state index contributed by atoms with van der Waals surface area (Å²) in [6.45, 7) is 2.84. The standard InChI is InChI=1S/C12H14N4O/c1-3-14-11-8-13-7-10(16-11)9-4-5-12(17-2)15-6-9/h4-8H,3H2,1-2H3,(H,14,16). The highest BCUT2D eigenvalue weighted by Gasteiger charge is 2.02. The van der Waals surface area contributed by atoms with E-state index in [9.17, 15) is 0 Å². The van der Waals surface area contributed by atoms with Crippen LogP contribution in [0.1, 0.15) is 6.92 Å². The quantitative estimate of drug-likeness (QED) is 0.870. The lowest BCUT2D eigenvalue weighted by Crippen LogP contribution is -2.00. The maximum atomic E-state index is 5.01. The number of nitrogens with zero attached hydrogens (tertiary/aromatic N) is 3. The number of methoxy groups -OCH3 is 1. The summed E-state index contributed by atoms with van der Waals surface area (Å²) in [5, 5.41) is 3.12. The molecule has 0 saturated heterocycles. The summed E-state index contributed by atoms with van der Waals surface area (Å²) in [4.78, 5) is 12.7. The molecule has 5 nitrogen and oxygen atoms in total. The summed E-state index contributed by atoms with van der Waals surface area (Å²) >= 11 is 0. The zero-order valence-corrected chi connectivity index (χ0v) is 9.84. The molecule has 2 aromatic heterocycles. The minimum Gasteiger partial charge on any atom is -0.481 e. The van der Waals surface area contributed by atoms with Gasteiger partial charge < -0.3 is 10.1 Å². The first kappa shape index (κ1) is 11.3. The van der Waals surface area contributed by atoms with Crippen molar-refractivity contribution in [2.75, 3.05) is 19.0 Å². The Balaban J connectivity index is 2.28. The van der Waals surface area contributed by atoms with Gasteiger partial charge in [-0.1, -0.05) is 0 Å². The predicted molar refractivity (Wildman–Crippen MR) is 66.0 cm³/mol. The second-order valence-corrected chi connectivity index (χ2v) is 3.41. The highest BCUT2D eigenvalue weighted by atomic mass is 16.5. The fourth-order valence-electron chi connectivity index (χ4n) is 1.42. The predicted octanol–water partition coefficient (Wildman–Crippen LogP) is 1.98. The summed E-state index contributed by atoms with van der Waals surface area (Å²) in [5.41, 5.74) is 1.71. The molecule has 0 aliphatic carbocycles. The van der Waals surface area contributed by atoms with Crippen molar-refractivity contribution in [3.8, 4) is 17.1 Å². The van der Waals surface area contributed by atoms with E-state index >= 15 is 0 Å². The number of hydrogen-bond acceptors (Lipinski definition) is 5. The van der Waals surface area contributed by atoms with Gasteiger partial charge in [0.25, 0.3) is 0 Å². The summed E-state index contributed by atoms with van der Waals surface area (Å²) in [6.07, 6.45) is 5.13. The number of rotatable bonds is 4. The Bertz CT molecular complexity index is 484. The summed E-state index contributed by atoms with van der Waals surface area (Å²) in [6, 6.07) is 3.71. The van der Waals surface area contributed by atoms with Crippen molar-refractivity contribution in [2.24, 2.45) is 0 Å². The number of anilines is 1. The number of aromatic nitrogens is 3. The van der Waals surface area contributed by atoms with Gasteiger partial charge in [0.05, 0.1) is 25.2 Å². The van der Waals surface area contributed by atoms with Gasteiger partial charge in [-0.2, -0.15) is 0 Å². The van der Waals surface area contributed by atoms with E-state index in [0.717, 1.165) is 23.6 Å². The Kier molecular flexibility index (Phi) is 3.49. The van der Waals surface area contributed by atoms with E-state index in [0.29, 0.717) is 5.88 Å². The molecule has 0 spiro atoms. The molecule has 2 aromatic rings. The summed E-state index contributed by atoms with van der Waals surface area (Å²) < 4.78 is 5.01. The van der Waals surface area contributed by atoms with Gasteiger partial charge in [0.1, 0.15) is 5.82 Å². The molecule has 0 aliphatic rings. The topological polar surface area (TPSA) is 59.9 Å². The third kappa shape index (κ3) is 2.69. The van der Waals surface area contributed by atoms with Gasteiger partial charge >= 0.3 is 0 Å². The Morgan fingerprint density at radius 2 is 2.12 bits per heavy atom. The maximum Gasteiger partial charge on any atom is 0.212 e. The van der Waals surface area contributed by atoms with E-state index in [1.807, 2.05) is 13.0 Å². The molecule has 2 heterocycles. The summed E-state index contributed by atoms with van der Waals surface area (Å²) in [5.74, 6) is 1.35. The molecule has 0 aliphatic heterocycles. The molecule has 0 aromatic carbocycles. The first-order valence-corrected chi connectivity index (χ1v) is 5.40. The van der Waals surface area contributed by atoms with Crippen molar-refractivity contribution in [1.82, 2.24) is 15.0 Å². The van der Waals surface area contributed by atoms with E-state index < -0.39 is 0 Å². The van der Waals surface area contributed by atoms with E-state index in [-0.39, 0.29) is 0 Å². The number of hydrogen-bond donors (Lipinski definition) is 1. The van der Waals surface area contributed by atoms with Crippen molar-refractivity contribution >= 4 is 5.82 Å². The van der Waals surface area contributed by atoms with Crippen molar-refractivity contribution in [2.45, 2.75) is 6.92 Å². The van der Waals surface area contributed by atoms with Crippen LogP contribution in [0.2, 0.25) is 0 Å². The van der Waals surface area contributed by atoms with E-state index in [1.54, 1.807) is 31.8 Å². The van der Waals surface area contributed by atoms with E-state index in [2.05, 4.69) is 20.3 Å². The van der Waals surface area contributed by atoms with Crippen LogP contribution < -0.4 is 10.1 Å². The molecule has 0 atom stereocenters. The Morgan fingerprint density at radius 1 is 1.24 bits per heavy atom. The van der Waals surface area contributed by atoms with Crippen LogP contribution in [0, 0.1) is 0 Å². The number of ether oxygens (including phenoxy) is 1. The van der Waals surface area contributed by atoms with Crippen molar-refractivity contribution in [3.63, 3.8) is 0 Å². The van der Waals surface area contributed by atoms with Crippen LogP contribution in [0.15, 0.2) is 30.7 Å². The molecule has 17 heavy (non-hydrogen) atoms. The molecule has 0 unspecified atom stereocenters. The van der Waals surface area contributed by atoms with Gasteiger partial charge in [-0.25, -0.2) is 9.97 Å². The number of pyridine rings is 1. The van der Waals surface area contributed by atoms with Gasteiger partial charge in [-0.3, -0.25) is 4.98 Å². The Labute approximate surface area is 99.9 Å². The summed E-state index contributed by atoms with van der Waals surface area (Å²) in [7, 11) is 1.59. The Hall–Kier alpha value is -2.17. The minimum absolute atomic E-state index is 0.588. The second kappa shape index (κ2) is 5.25. The molecule has 1 N–H and O–H groups in total. The van der Waals surface area contributed by atoms with Crippen LogP contribution >= 0.6 is 0 Å². The molecule has 0 bridgehead atoms. The van der Waals surface area contributed by atoms with Crippen molar-refractivity contribution in [1.29, 1.82) is 0 Å². The zero-order valence-electron chi connectivity index (χ0n) is 9.84. The molecule has 0 radical (unpaired) electrons. The van der Waals surface area contributed by atoms with E-state index in [4.69, 9.17) is 4.74 Å². The molecule has 0 saturated carbocycles. The minimum atomic E-state index is 0.588. The average molecular weight is 230 g/mol. The third-order valence-electron chi connectivity index (χ3n) is 2.23. The van der Waals surface area contributed by atoms with Crippen LogP contribution in [0.5, 0.6) is 5.88 Å². The first-order valence-electron chi connectivity index (χ1n) is 5.40. The molecule has 5 heteroatoms. The van der Waals surface area contributed by atoms with Crippen LogP contribution in [-0.2, 0) is 0 Å². The highest BCUT2D eigenvalue weighted by molar-refractivity contribution is 5.59. The third-order valence-corrected chi connectivity index (χ3v) is 2.23. The van der Waals surface area contributed by atoms with Crippen molar-refractivity contribution < 1.29 is 4.74 Å². The first-order chi connectivity index (χ1) is 8.33. The van der Waals surface area contributed by atoms with Gasteiger partial charge in [-0.05, 0) is 13.0 Å². The zero-order chi connectivity index (χ0) is 12.1. The van der Waals surface area contributed by atoms with Gasteiger partial charge in [0.15, 0.2) is 0 Å². The lowest BCUT2D eigenvalue weighted by Gasteiger charge is -2.05. The molecular formula is C12H14N4O. The second-order valence-electron chi connectivity index (χ2n) is 3.41. The van der Waals surface area contributed by atoms with E-state index in [1.165, 1.54) is 0 Å². The lowest BCUT2D eigenvalue weighted by atomic mass is 10.2. The van der Waals surface area contributed by atoms with Crippen LogP contribution in [0.25, 0.3) is 11.3 Å². The fourth-order valence-corrected chi connectivity index (χ4v) is 1.42. The van der Waals surface area contributed by atoms with Crippen LogP contribution in [0.3, 0.4) is 0 Å². The smallest absolute Gasteiger partial charge is 0.212 e. The van der Waals surface area contributed by atoms with Crippen LogP contribution in [-0.4, -0.2) is 28.6 Å². The highest BCUT2D eigenvalue weighted by Crippen LogP contribution is 2.18. The van der Waals surface area contributed by atoms with Gasteiger partial charge in [-0.15, -0.1) is 0 Å². The molecule has 2 rings (SSSR count). The maximum absolute atomic E-state index is 5.01. The van der Waals surface area contributed by atoms with Gasteiger partial charge in [0.2, 0.25) is 5.88 Å². The molecule has 88 valence electrons. The average Bonchev–Trinajstić information content (AvgIpc) is 2.40. The lowest BCUT2D eigenvalue weighted by molar-refractivity contribution is 0.398. The normalized spacial score (nSPS) is 10.0. The monoisotopic (exact) mass is 230 g/mol. The molecule has 0 amide bonds. The largest absolute Gasteiger partial charge is 0.481 e. The Morgan fingerprint density at radius 3 is 2.76 bits per heavy atom. The molecular weight excluding hydrogens is 216 g/mol.